The van der Waals surface area contributed by atoms with Crippen molar-refractivity contribution in [3.05, 3.63) is 66.2 Å². The van der Waals surface area contributed by atoms with E-state index in [-0.39, 0.29) is 31.2 Å². The molecule has 1 aromatic carbocycles. The van der Waals surface area contributed by atoms with Crippen LogP contribution in [0.2, 0.25) is 0 Å². The zero-order valence-corrected chi connectivity index (χ0v) is 19.0. The second-order valence-corrected chi connectivity index (χ2v) is 9.66. The van der Waals surface area contributed by atoms with E-state index in [4.69, 9.17) is 4.42 Å². The third kappa shape index (κ3) is 4.72. The van der Waals surface area contributed by atoms with E-state index < -0.39 is 28.3 Å². The van der Waals surface area contributed by atoms with Crippen molar-refractivity contribution in [3.63, 3.8) is 0 Å². The molecule has 5 rings (SSSR count). The molecule has 0 radical (unpaired) electrons. The van der Waals surface area contributed by atoms with Crippen LogP contribution in [0.3, 0.4) is 0 Å². The molecule has 0 spiro atoms. The maximum Gasteiger partial charge on any atom is 0.314 e. The highest BCUT2D eigenvalue weighted by molar-refractivity contribution is 7.90. The van der Waals surface area contributed by atoms with E-state index in [0.717, 1.165) is 10.4 Å². The molecule has 3 aromatic heterocycles. The van der Waals surface area contributed by atoms with Gasteiger partial charge in [0.15, 0.2) is 0 Å². The number of alkyl halides is 2. The van der Waals surface area contributed by atoms with Crippen LogP contribution in [-0.2, 0) is 16.8 Å². The maximum atomic E-state index is 14.0. The zero-order chi connectivity index (χ0) is 24.6. The smallest absolute Gasteiger partial charge is 0.314 e. The summed E-state index contributed by atoms with van der Waals surface area (Å²) in [6.07, 6.45) is 0.367. The Kier molecular flexibility index (Phi) is 6.17. The summed E-state index contributed by atoms with van der Waals surface area (Å²) in [5.74, 6) is -1.44. The monoisotopic (exact) mass is 507 g/mol. The average Bonchev–Trinajstić information content (AvgIpc) is 3.50. The van der Waals surface area contributed by atoms with E-state index in [1.807, 2.05) is 0 Å². The minimum absolute atomic E-state index is 0.0879. The summed E-state index contributed by atoms with van der Waals surface area (Å²) in [4.78, 5) is 4.48. The number of benzene rings is 1. The number of nitrogens with one attached hydrogen (secondary N) is 1. The highest BCUT2D eigenvalue weighted by Crippen LogP contribution is 2.26. The lowest BCUT2D eigenvalue weighted by Crippen LogP contribution is -2.51. The number of hydrogen-bond donors (Lipinski definition) is 1. The fourth-order valence-corrected chi connectivity index (χ4v) is 5.38. The molecule has 1 fully saturated rings. The van der Waals surface area contributed by atoms with Gasteiger partial charge >= 0.3 is 16.6 Å². The van der Waals surface area contributed by atoms with Gasteiger partial charge in [0.2, 0.25) is 5.89 Å². The van der Waals surface area contributed by atoms with Crippen LogP contribution in [0.15, 0.2) is 53.2 Å². The van der Waals surface area contributed by atoms with Crippen molar-refractivity contribution in [1.82, 2.24) is 29.2 Å². The molecule has 0 atom stereocenters. The van der Waals surface area contributed by atoms with Crippen molar-refractivity contribution in [1.29, 1.82) is 0 Å². The molecule has 1 N–H and O–H groups in total. The number of halogens is 3. The van der Waals surface area contributed by atoms with Gasteiger partial charge in [0.05, 0.1) is 17.9 Å². The number of aromatic nitrogens is 4. The number of anilines is 1. The van der Waals surface area contributed by atoms with E-state index in [1.54, 1.807) is 28.9 Å². The molecule has 4 aromatic rings. The Morgan fingerprint density at radius 2 is 1.94 bits per heavy atom. The van der Waals surface area contributed by atoms with Crippen LogP contribution in [0.1, 0.15) is 18.0 Å². The van der Waals surface area contributed by atoms with Gasteiger partial charge in [0.1, 0.15) is 11.5 Å². The van der Waals surface area contributed by atoms with Gasteiger partial charge in [-0.2, -0.15) is 21.5 Å². The van der Waals surface area contributed by atoms with E-state index >= 15 is 0 Å². The molecule has 10 nitrogen and oxygen atoms in total. The molecule has 0 saturated carbocycles. The topological polar surface area (TPSA) is 109 Å². The van der Waals surface area contributed by atoms with Crippen molar-refractivity contribution in [3.8, 4) is 11.5 Å². The number of pyridine rings is 1. The normalized spacial score (nSPS) is 15.2. The third-order valence-electron chi connectivity index (χ3n) is 5.47. The predicted octanol–water partition coefficient (Wildman–Crippen LogP) is 2.62. The number of nitrogens with zero attached hydrogens (tertiary/aromatic N) is 6. The van der Waals surface area contributed by atoms with Crippen LogP contribution in [0, 0.1) is 5.82 Å². The molecular formula is C21H20F3N7O3S. The van der Waals surface area contributed by atoms with Gasteiger partial charge in [-0.05, 0) is 30.3 Å². The van der Waals surface area contributed by atoms with Crippen molar-refractivity contribution in [2.75, 3.05) is 30.5 Å². The predicted molar refractivity (Wildman–Crippen MR) is 119 cm³/mol. The lowest BCUT2D eigenvalue weighted by Gasteiger charge is -2.33. The summed E-state index contributed by atoms with van der Waals surface area (Å²) >= 11 is 0. The highest BCUT2D eigenvalue weighted by atomic mass is 32.2. The second-order valence-electron chi connectivity index (χ2n) is 7.80. The van der Waals surface area contributed by atoms with Crippen LogP contribution in [0.25, 0.3) is 17.1 Å². The number of imidazole rings is 1. The van der Waals surface area contributed by atoms with Crippen LogP contribution < -0.4 is 9.62 Å². The fraction of sp³-hybridized carbons (Fsp3) is 0.286. The van der Waals surface area contributed by atoms with E-state index in [0.29, 0.717) is 30.0 Å². The molecule has 35 heavy (non-hydrogen) atoms. The zero-order valence-electron chi connectivity index (χ0n) is 18.2. The van der Waals surface area contributed by atoms with E-state index in [2.05, 4.69) is 20.5 Å². The average molecular weight is 507 g/mol. The largest absolute Gasteiger partial charge is 0.415 e. The SMILES string of the molecule is O=S(=O)(N1CCNCC1)N(Cc1cn2ccc(-c3nnc(C(F)F)o3)cc2n1)c1cccc(F)c1. The molecule has 1 aliphatic heterocycles. The molecule has 1 saturated heterocycles. The minimum Gasteiger partial charge on any atom is -0.415 e. The molecular weight excluding hydrogens is 487 g/mol. The Labute approximate surface area is 198 Å². The summed E-state index contributed by atoms with van der Waals surface area (Å²) in [7, 11) is -3.98. The molecule has 1 aliphatic rings. The van der Waals surface area contributed by atoms with E-state index in [9.17, 15) is 21.6 Å². The van der Waals surface area contributed by atoms with E-state index in [1.165, 1.54) is 22.5 Å². The third-order valence-corrected chi connectivity index (χ3v) is 7.38. The molecule has 184 valence electrons. The summed E-state index contributed by atoms with van der Waals surface area (Å²) in [5, 5.41) is 10.1. The van der Waals surface area contributed by atoms with Crippen molar-refractivity contribution in [2.45, 2.75) is 13.0 Å². The number of fused-ring (bicyclic) bond motifs is 1. The first kappa shape index (κ1) is 23.3. The highest BCUT2D eigenvalue weighted by Gasteiger charge is 2.32. The Morgan fingerprint density at radius 1 is 1.14 bits per heavy atom. The quantitative estimate of drug-likeness (QED) is 0.410. The van der Waals surface area contributed by atoms with Crippen LogP contribution >= 0.6 is 0 Å². The van der Waals surface area contributed by atoms with Crippen LogP contribution in [0.5, 0.6) is 0 Å². The van der Waals surface area contributed by atoms with Gasteiger partial charge in [0, 0.05) is 44.1 Å². The summed E-state index contributed by atoms with van der Waals surface area (Å²) in [6, 6.07) is 8.50. The maximum absolute atomic E-state index is 14.0. The molecule has 0 unspecified atom stereocenters. The minimum atomic E-state index is -3.98. The molecule has 0 aliphatic carbocycles. The van der Waals surface area contributed by atoms with Gasteiger partial charge in [-0.1, -0.05) is 6.07 Å². The lowest BCUT2D eigenvalue weighted by atomic mass is 10.2. The van der Waals surface area contributed by atoms with Gasteiger partial charge in [-0.15, -0.1) is 10.2 Å². The van der Waals surface area contributed by atoms with Crippen LogP contribution in [0.4, 0.5) is 18.9 Å². The first-order valence-corrected chi connectivity index (χ1v) is 12.0. The molecule has 0 bridgehead atoms. The lowest BCUT2D eigenvalue weighted by molar-refractivity contribution is 0.116. The van der Waals surface area contributed by atoms with Gasteiger partial charge in [-0.3, -0.25) is 4.31 Å². The van der Waals surface area contributed by atoms with Crippen molar-refractivity contribution < 1.29 is 26.0 Å². The Balaban J connectivity index is 1.48. The first-order chi connectivity index (χ1) is 16.8. The van der Waals surface area contributed by atoms with Gasteiger partial charge < -0.3 is 14.1 Å². The summed E-state index contributed by atoms with van der Waals surface area (Å²) in [5.41, 5.74) is 1.35. The molecule has 14 heteroatoms. The number of hydrogen-bond acceptors (Lipinski definition) is 7. The molecule has 4 heterocycles. The number of rotatable bonds is 7. The summed E-state index contributed by atoms with van der Waals surface area (Å²) < 4.78 is 75.6. The van der Waals surface area contributed by atoms with Crippen molar-refractivity contribution >= 4 is 21.5 Å². The van der Waals surface area contributed by atoms with Crippen molar-refractivity contribution in [2.24, 2.45) is 0 Å². The molecule has 0 amide bonds. The Bertz CT molecular complexity index is 1450. The Hall–Kier alpha value is -3.49. The fourth-order valence-electron chi connectivity index (χ4n) is 3.78. The second kappa shape index (κ2) is 9.28. The number of piperazine rings is 1. The Morgan fingerprint density at radius 3 is 2.66 bits per heavy atom. The first-order valence-electron chi connectivity index (χ1n) is 10.6. The van der Waals surface area contributed by atoms with Gasteiger partial charge in [0.25, 0.3) is 5.89 Å². The van der Waals surface area contributed by atoms with Gasteiger partial charge in [-0.25, -0.2) is 9.37 Å². The standard InChI is InChI=1S/C21H20F3N7O3S/c22-15-2-1-3-17(11-15)31(35(32,33)30-8-5-25-6-9-30)13-16-12-29-7-4-14(10-18(29)26-16)20-27-28-21(34-20)19(23)24/h1-4,7,10-12,19,25H,5-6,8-9,13H2. The summed E-state index contributed by atoms with van der Waals surface area (Å²) in [6.45, 7) is 1.44. The van der Waals surface area contributed by atoms with Crippen LogP contribution in [-0.4, -0.2) is 58.5 Å².